The molecule has 232 valence electrons. The summed E-state index contributed by atoms with van der Waals surface area (Å²) in [5.74, 6) is -1.28. The lowest BCUT2D eigenvalue weighted by Gasteiger charge is -2.22. The van der Waals surface area contributed by atoms with Crippen LogP contribution in [0.4, 0.5) is 11.4 Å². The van der Waals surface area contributed by atoms with Crippen molar-refractivity contribution in [2.45, 2.75) is 55.8 Å². The quantitative estimate of drug-likeness (QED) is 0.0683. The number of carboxylic acid groups (broad SMARTS) is 1. The highest BCUT2D eigenvalue weighted by atomic mass is 32.2. The summed E-state index contributed by atoms with van der Waals surface area (Å²) in [6.07, 6.45) is 13.6. The predicted molar refractivity (Wildman–Crippen MR) is 167 cm³/mol. The van der Waals surface area contributed by atoms with Crippen LogP contribution in [0.25, 0.3) is 0 Å². The molecular formula is C31H39N2O8S2+. The minimum atomic E-state index is -4.19. The third-order valence-electron chi connectivity index (χ3n) is 7.28. The number of carbonyl (C=O) groups is 1. The average molecular weight is 632 g/mol. The Hall–Kier alpha value is -3.58. The third kappa shape index (κ3) is 9.72. The zero-order chi connectivity index (χ0) is 31.5. The first-order valence-corrected chi connectivity index (χ1v) is 17.0. The second-order valence-electron chi connectivity index (χ2n) is 10.4. The van der Waals surface area contributed by atoms with Gasteiger partial charge in [-0.25, -0.2) is 0 Å². The van der Waals surface area contributed by atoms with Crippen molar-refractivity contribution >= 4 is 43.3 Å². The maximum Gasteiger partial charge on any atom is 0.303 e. The van der Waals surface area contributed by atoms with Gasteiger partial charge in [0.1, 0.15) is 6.54 Å². The Morgan fingerprint density at radius 1 is 0.977 bits per heavy atom. The molecule has 2 aromatic carbocycles. The van der Waals surface area contributed by atoms with Crippen LogP contribution in [0.15, 0.2) is 90.0 Å². The van der Waals surface area contributed by atoms with Crippen molar-refractivity contribution in [3.8, 4) is 0 Å². The van der Waals surface area contributed by atoms with Crippen LogP contribution in [0.5, 0.6) is 0 Å². The van der Waals surface area contributed by atoms with E-state index in [9.17, 15) is 26.2 Å². The maximum atomic E-state index is 12.6. The fourth-order valence-corrected chi connectivity index (χ4v) is 6.33. The Labute approximate surface area is 254 Å². The number of benzene rings is 2. The molecule has 2 aromatic rings. The van der Waals surface area contributed by atoms with E-state index in [2.05, 4.69) is 9.89 Å². The summed E-state index contributed by atoms with van der Waals surface area (Å²) in [7, 11) is -7.10. The first kappa shape index (κ1) is 33.9. The number of hydrogen-bond acceptors (Lipinski definition) is 7. The van der Waals surface area contributed by atoms with Gasteiger partial charge < -0.3 is 10.4 Å². The molecule has 1 atom stereocenters. The molecule has 1 aliphatic rings. The number of nitrogens with one attached hydrogen (secondary N) is 1. The molecule has 0 radical (unpaired) electrons. The summed E-state index contributed by atoms with van der Waals surface area (Å²) in [6, 6.07) is 14.5. The van der Waals surface area contributed by atoms with Crippen LogP contribution in [0.1, 0.15) is 51.0 Å². The molecule has 43 heavy (non-hydrogen) atoms. The summed E-state index contributed by atoms with van der Waals surface area (Å²) in [5, 5.41) is 12.2. The summed E-state index contributed by atoms with van der Waals surface area (Å²) in [6.45, 7) is 2.47. The molecule has 10 nitrogen and oxygen atoms in total. The lowest BCUT2D eigenvalue weighted by Crippen LogP contribution is -2.32. The Kier molecular flexibility index (Phi) is 12.0. The van der Waals surface area contributed by atoms with Crippen molar-refractivity contribution in [2.75, 3.05) is 24.7 Å². The first-order valence-electron chi connectivity index (χ1n) is 14.0. The van der Waals surface area contributed by atoms with Gasteiger partial charge in [-0.15, -0.1) is 0 Å². The number of unbranched alkanes of at least 4 members (excludes halogenated alkanes) is 2. The van der Waals surface area contributed by atoms with Crippen molar-refractivity contribution in [3.05, 3.63) is 90.7 Å². The van der Waals surface area contributed by atoms with E-state index in [0.717, 1.165) is 24.2 Å². The lowest BCUT2D eigenvalue weighted by atomic mass is 9.76. The van der Waals surface area contributed by atoms with Crippen LogP contribution in [0, 0.1) is 0 Å². The van der Waals surface area contributed by atoms with E-state index in [-0.39, 0.29) is 17.7 Å². The van der Waals surface area contributed by atoms with Gasteiger partial charge in [0.15, 0.2) is 5.71 Å². The van der Waals surface area contributed by atoms with Gasteiger partial charge in [-0.3, -0.25) is 13.5 Å². The molecule has 1 aliphatic heterocycles. The molecule has 1 heterocycles. The van der Waals surface area contributed by atoms with Crippen molar-refractivity contribution in [2.24, 2.45) is 0 Å². The van der Waals surface area contributed by atoms with E-state index >= 15 is 0 Å². The summed E-state index contributed by atoms with van der Waals surface area (Å²) < 4.78 is 64.4. The Balaban J connectivity index is 1.97. The van der Waals surface area contributed by atoms with Crippen molar-refractivity contribution < 1.29 is 40.0 Å². The molecule has 0 saturated heterocycles. The number of carboxylic acids is 1. The first-order chi connectivity index (χ1) is 20.4. The number of para-hydroxylation sites is 1. The topological polar surface area (TPSA) is 150 Å². The van der Waals surface area contributed by atoms with E-state index in [4.69, 9.17) is 9.29 Å². The van der Waals surface area contributed by atoms with Crippen LogP contribution in [-0.4, -0.2) is 62.2 Å². The highest BCUT2D eigenvalue weighted by Gasteiger charge is 2.47. The number of allylic oxidation sites excluding steroid dienone is 5. The maximum absolute atomic E-state index is 12.6. The lowest BCUT2D eigenvalue weighted by molar-refractivity contribution is -0.438. The second-order valence-corrected chi connectivity index (χ2v) is 13.7. The molecule has 0 spiro atoms. The minimum Gasteiger partial charge on any atom is -0.481 e. The molecule has 3 rings (SSSR count). The second kappa shape index (κ2) is 15.2. The fourth-order valence-electron chi connectivity index (χ4n) is 5.13. The highest BCUT2D eigenvalue weighted by molar-refractivity contribution is 7.86. The molecule has 0 amide bonds. The average Bonchev–Trinajstić information content (AvgIpc) is 3.18. The SMILES string of the molecule is COS(=O)(=O)c1ccc2c(c1)C(C)(CCCS(=O)(=O)O)C(/C=C/C=C/C=C/Nc1ccccc1)=[N+]2CCCCCC(=O)O. The molecule has 0 saturated carbocycles. The summed E-state index contributed by atoms with van der Waals surface area (Å²) >= 11 is 0. The number of nitrogens with zero attached hydrogens (tertiary/aromatic N) is 1. The van der Waals surface area contributed by atoms with Crippen LogP contribution in [0.3, 0.4) is 0 Å². The molecule has 12 heteroatoms. The van der Waals surface area contributed by atoms with Crippen LogP contribution in [0.2, 0.25) is 0 Å². The van der Waals surface area contributed by atoms with Gasteiger partial charge in [0, 0.05) is 42.4 Å². The van der Waals surface area contributed by atoms with E-state index in [1.807, 2.05) is 67.6 Å². The van der Waals surface area contributed by atoms with Gasteiger partial charge in [0.2, 0.25) is 5.69 Å². The molecule has 0 aromatic heterocycles. The Morgan fingerprint density at radius 3 is 2.37 bits per heavy atom. The van der Waals surface area contributed by atoms with Crippen molar-refractivity contribution in [3.63, 3.8) is 0 Å². The fraction of sp³-hybridized carbons (Fsp3) is 0.355. The van der Waals surface area contributed by atoms with Crippen LogP contribution in [-0.2, 0) is 34.6 Å². The molecule has 0 bridgehead atoms. The smallest absolute Gasteiger partial charge is 0.303 e. The Morgan fingerprint density at radius 2 is 1.70 bits per heavy atom. The van der Waals surface area contributed by atoms with Crippen LogP contribution < -0.4 is 5.32 Å². The molecule has 3 N–H and O–H groups in total. The number of anilines is 1. The normalized spacial score (nSPS) is 17.4. The number of fused-ring (bicyclic) bond motifs is 1. The molecule has 0 fully saturated rings. The van der Waals surface area contributed by atoms with E-state index in [0.29, 0.717) is 37.8 Å². The summed E-state index contributed by atoms with van der Waals surface area (Å²) in [5.41, 5.74) is 2.46. The molecule has 1 unspecified atom stereocenters. The zero-order valence-electron chi connectivity index (χ0n) is 24.3. The van der Waals surface area contributed by atoms with Gasteiger partial charge in [-0.05, 0) is 62.9 Å². The van der Waals surface area contributed by atoms with E-state index in [1.165, 1.54) is 6.07 Å². The molecule has 0 aliphatic carbocycles. The van der Waals surface area contributed by atoms with Crippen molar-refractivity contribution in [1.82, 2.24) is 0 Å². The van der Waals surface area contributed by atoms with Crippen molar-refractivity contribution in [1.29, 1.82) is 0 Å². The van der Waals surface area contributed by atoms with Gasteiger partial charge in [0.05, 0.1) is 23.2 Å². The van der Waals surface area contributed by atoms with Gasteiger partial charge >= 0.3 is 5.97 Å². The number of aliphatic carboxylic acids is 1. The van der Waals surface area contributed by atoms with Gasteiger partial charge in [-0.1, -0.05) is 36.4 Å². The van der Waals surface area contributed by atoms with Crippen LogP contribution >= 0.6 is 0 Å². The summed E-state index contributed by atoms with van der Waals surface area (Å²) in [4.78, 5) is 10.9. The highest BCUT2D eigenvalue weighted by Crippen LogP contribution is 2.44. The number of rotatable bonds is 17. The predicted octanol–water partition coefficient (Wildman–Crippen LogP) is 5.43. The largest absolute Gasteiger partial charge is 0.481 e. The minimum absolute atomic E-state index is 0.0164. The molecular weight excluding hydrogens is 592 g/mol. The Bertz CT molecular complexity index is 1610. The van der Waals surface area contributed by atoms with Gasteiger partial charge in [0.25, 0.3) is 20.2 Å². The standard InChI is InChI=1S/C31H38N2O8S2/c1-31(20-13-23-42(36,37)38)27-24-26(43(39,40)41-2)18-19-28(27)33(22-12-6-10-17-30(34)35)29(31)16-9-3-4-11-21-32-25-14-7-5-8-15-25/h3-5,7-9,11,14-16,18-19,21,24H,6,10,12-13,17,20,22-23H2,1-2H3,(H2,34,35,36,37,38)/p+1. The van der Waals surface area contributed by atoms with E-state index < -0.39 is 37.4 Å². The zero-order valence-corrected chi connectivity index (χ0v) is 26.0. The van der Waals surface area contributed by atoms with Gasteiger partial charge in [-0.2, -0.15) is 21.4 Å². The monoisotopic (exact) mass is 631 g/mol. The third-order valence-corrected chi connectivity index (χ3v) is 9.35. The number of hydrogen-bond donors (Lipinski definition) is 3. The van der Waals surface area contributed by atoms with E-state index in [1.54, 1.807) is 18.3 Å².